The van der Waals surface area contributed by atoms with Crippen molar-refractivity contribution in [3.05, 3.63) is 0 Å². The van der Waals surface area contributed by atoms with Gasteiger partial charge in [0, 0.05) is 0 Å². The van der Waals surface area contributed by atoms with Gasteiger partial charge >= 0.3 is 6.03 Å². The summed E-state index contributed by atoms with van der Waals surface area (Å²) in [5.74, 6) is -1.10. The van der Waals surface area contributed by atoms with Crippen LogP contribution in [0, 0.1) is 0 Å². The number of carbonyl (C=O) groups excluding carboxylic acids is 3. The zero-order valence-corrected chi connectivity index (χ0v) is 7.17. The van der Waals surface area contributed by atoms with Gasteiger partial charge in [0.25, 0.3) is 0 Å². The van der Waals surface area contributed by atoms with E-state index in [4.69, 9.17) is 0 Å². The van der Waals surface area contributed by atoms with Crippen molar-refractivity contribution in [1.82, 2.24) is 10.6 Å². The number of nitrogens with one attached hydrogen (secondary N) is 2. The molecule has 0 aromatic heterocycles. The van der Waals surface area contributed by atoms with Crippen LogP contribution in [0.2, 0.25) is 0 Å². The van der Waals surface area contributed by atoms with Gasteiger partial charge in [-0.25, -0.2) is 4.79 Å². The van der Waals surface area contributed by atoms with E-state index in [-0.39, 0.29) is 30.4 Å². The maximum Gasteiger partial charge on any atom is 0.328 e. The minimum atomic E-state index is -0.740. The Balaban J connectivity index is 0.000000810. The second kappa shape index (κ2) is 3.49. The predicted octanol–water partition coefficient (Wildman–Crippen LogP) is -0.639. The van der Waals surface area contributed by atoms with Crippen LogP contribution < -0.4 is 10.6 Å². The van der Waals surface area contributed by atoms with E-state index in [0.29, 0.717) is 0 Å². The van der Waals surface area contributed by atoms with E-state index >= 15 is 0 Å². The third-order valence-electron chi connectivity index (χ3n) is 0.827. The van der Waals surface area contributed by atoms with E-state index in [9.17, 15) is 14.4 Å². The van der Waals surface area contributed by atoms with Crippen molar-refractivity contribution in [2.45, 2.75) is 6.42 Å². The van der Waals surface area contributed by atoms with Crippen LogP contribution in [0.25, 0.3) is 0 Å². The van der Waals surface area contributed by atoms with Crippen LogP contribution in [0.5, 0.6) is 0 Å². The zero-order chi connectivity index (χ0) is 6.85. The lowest BCUT2D eigenvalue weighted by Gasteiger charge is -2.09. The third-order valence-corrected chi connectivity index (χ3v) is 0.827. The second-order valence-corrected chi connectivity index (χ2v) is 1.60. The van der Waals surface area contributed by atoms with E-state index < -0.39 is 17.8 Å². The van der Waals surface area contributed by atoms with Gasteiger partial charge in [-0.3, -0.25) is 20.2 Å². The van der Waals surface area contributed by atoms with E-state index in [2.05, 4.69) is 0 Å². The maximum atomic E-state index is 10.3. The summed E-state index contributed by atoms with van der Waals surface area (Å²) in [6.07, 6.45) is -0.258. The van der Waals surface area contributed by atoms with E-state index in [1.165, 1.54) is 0 Å². The highest BCUT2D eigenvalue weighted by Gasteiger charge is 2.20. The first-order valence-corrected chi connectivity index (χ1v) is 2.32. The molecule has 0 bridgehead atoms. The summed E-state index contributed by atoms with van der Waals surface area (Å²) < 4.78 is 0. The minimum absolute atomic E-state index is 0. The molecule has 1 aliphatic heterocycles. The summed E-state index contributed by atoms with van der Waals surface area (Å²) in [7, 11) is 0. The van der Waals surface area contributed by atoms with E-state index in [1.807, 2.05) is 10.6 Å². The van der Waals surface area contributed by atoms with Crippen molar-refractivity contribution in [1.29, 1.82) is 0 Å². The first kappa shape index (κ1) is 9.34. The number of barbiturate groups is 1. The normalized spacial score (nSPS) is 17.0. The van der Waals surface area contributed by atoms with Crippen molar-refractivity contribution in [3.8, 4) is 0 Å². The lowest BCUT2D eigenvalue weighted by Crippen LogP contribution is -2.49. The molecule has 0 aliphatic carbocycles. The van der Waals surface area contributed by atoms with E-state index in [0.717, 1.165) is 0 Å². The topological polar surface area (TPSA) is 75.3 Å². The van der Waals surface area contributed by atoms with Crippen molar-refractivity contribution in [2.24, 2.45) is 0 Å². The van der Waals surface area contributed by atoms with Gasteiger partial charge in [0.2, 0.25) is 11.8 Å². The molecule has 0 unspecified atom stereocenters. The summed E-state index contributed by atoms with van der Waals surface area (Å²) in [5.41, 5.74) is 0. The number of amides is 4. The third kappa shape index (κ3) is 2.29. The molecule has 0 saturated carbocycles. The highest BCUT2D eigenvalue weighted by Crippen LogP contribution is 1.85. The summed E-state index contributed by atoms with van der Waals surface area (Å²) in [6, 6.07) is -0.740. The number of halogens is 1. The number of hydrogen-bond donors (Lipinski definition) is 2. The Labute approximate surface area is 73.6 Å². The number of urea groups is 1. The highest BCUT2D eigenvalue weighted by molar-refractivity contribution is 14.0. The minimum Gasteiger partial charge on any atom is -0.277 e. The monoisotopic (exact) mass is 256 g/mol. The van der Waals surface area contributed by atoms with Crippen LogP contribution in [-0.4, -0.2) is 17.8 Å². The quantitative estimate of drug-likeness (QED) is 0.447. The molecule has 5 nitrogen and oxygen atoms in total. The summed E-state index contributed by atoms with van der Waals surface area (Å²) in [5, 5.41) is 3.80. The molecule has 6 heteroatoms. The molecule has 56 valence electrons. The van der Waals surface area contributed by atoms with Gasteiger partial charge < -0.3 is 0 Å². The number of carbonyl (C=O) groups is 3. The molecule has 0 spiro atoms. The van der Waals surface area contributed by atoms with Crippen LogP contribution in [-0.2, 0) is 9.59 Å². The lowest BCUT2D eigenvalue weighted by atomic mass is 10.3. The van der Waals surface area contributed by atoms with Gasteiger partial charge in [0.05, 0.1) is 0 Å². The van der Waals surface area contributed by atoms with E-state index in [1.54, 1.807) is 0 Å². The zero-order valence-electron chi connectivity index (χ0n) is 4.84. The van der Waals surface area contributed by atoms with Gasteiger partial charge in [-0.2, -0.15) is 0 Å². The van der Waals surface area contributed by atoms with Gasteiger partial charge in [0.1, 0.15) is 6.42 Å². The average Bonchev–Trinajstić information content (AvgIpc) is 1.59. The molecular formula is C4H5IN2O3. The molecule has 1 heterocycles. The number of rotatable bonds is 0. The van der Waals surface area contributed by atoms with Gasteiger partial charge in [-0.15, -0.1) is 24.0 Å². The fourth-order valence-corrected chi connectivity index (χ4v) is 0.519. The van der Waals surface area contributed by atoms with Gasteiger partial charge in [0.15, 0.2) is 0 Å². The second-order valence-electron chi connectivity index (χ2n) is 1.60. The Morgan fingerprint density at radius 1 is 1.00 bits per heavy atom. The first-order chi connectivity index (χ1) is 4.18. The molecular weight excluding hydrogens is 251 g/mol. The first-order valence-electron chi connectivity index (χ1n) is 2.32. The Morgan fingerprint density at radius 3 is 1.70 bits per heavy atom. The smallest absolute Gasteiger partial charge is 0.277 e. The van der Waals surface area contributed by atoms with Crippen LogP contribution in [0.1, 0.15) is 6.42 Å². The number of hydrogen-bond acceptors (Lipinski definition) is 3. The average molecular weight is 256 g/mol. The van der Waals surface area contributed by atoms with Crippen molar-refractivity contribution < 1.29 is 14.4 Å². The largest absolute Gasteiger partial charge is 0.328 e. The summed E-state index contributed by atoms with van der Waals surface area (Å²) >= 11 is 0. The Hall–Kier alpha value is -0.660. The fraction of sp³-hybridized carbons (Fsp3) is 0.250. The summed E-state index contributed by atoms with van der Waals surface area (Å²) in [4.78, 5) is 30.8. The fourth-order valence-electron chi connectivity index (χ4n) is 0.519. The molecule has 1 fully saturated rings. The van der Waals surface area contributed by atoms with Crippen LogP contribution in [0.4, 0.5) is 4.79 Å². The highest BCUT2D eigenvalue weighted by atomic mass is 127. The standard InChI is InChI=1S/C4H4N2O3.HI/c7-2-1-3(8)6-4(9)5-2;/h1H2,(H2,5,6,7,8,9);1H. The van der Waals surface area contributed by atoms with Crippen LogP contribution in [0.15, 0.2) is 0 Å². The molecule has 1 rings (SSSR count). The lowest BCUT2D eigenvalue weighted by molar-refractivity contribution is -0.129. The molecule has 0 radical (unpaired) electrons. The molecule has 0 atom stereocenters. The van der Waals surface area contributed by atoms with Gasteiger partial charge in [-0.1, -0.05) is 0 Å². The maximum absolute atomic E-state index is 10.3. The van der Waals surface area contributed by atoms with Crippen LogP contribution >= 0.6 is 24.0 Å². The molecule has 0 aromatic rings. The molecule has 1 aliphatic rings. The molecule has 1 saturated heterocycles. The molecule has 2 N–H and O–H groups in total. The SMILES string of the molecule is I.O=C1CC(=O)NC(=O)N1. The van der Waals surface area contributed by atoms with Crippen molar-refractivity contribution in [2.75, 3.05) is 0 Å². The Kier molecular flexibility index (Phi) is 3.26. The Bertz CT molecular complexity index is 146. The van der Waals surface area contributed by atoms with Gasteiger partial charge in [-0.05, 0) is 0 Å². The van der Waals surface area contributed by atoms with Crippen LogP contribution in [0.3, 0.4) is 0 Å². The molecule has 0 aromatic carbocycles. The molecule has 10 heavy (non-hydrogen) atoms. The number of imide groups is 2. The van der Waals surface area contributed by atoms with Crippen molar-refractivity contribution in [3.63, 3.8) is 0 Å². The van der Waals surface area contributed by atoms with Crippen molar-refractivity contribution >= 4 is 41.8 Å². The molecule has 4 amide bonds. The predicted molar refractivity (Wildman–Crippen MR) is 41.7 cm³/mol. The summed E-state index contributed by atoms with van der Waals surface area (Å²) in [6.45, 7) is 0. The Morgan fingerprint density at radius 2 is 1.40 bits per heavy atom.